The number of rotatable bonds is 17. The molecule has 7 atom stereocenters. The summed E-state index contributed by atoms with van der Waals surface area (Å²) < 4.78 is 13.5. The second-order valence-corrected chi connectivity index (χ2v) is 15.5. The number of carbonyl (C=O) groups excluding carboxylic acids is 1. The molecule has 8 N–H and O–H groups in total. The van der Waals surface area contributed by atoms with E-state index in [0.717, 1.165) is 11.3 Å². The molecule has 0 saturated carbocycles. The molecule has 1 aromatic heterocycles. The number of hydrogen-bond donors (Lipinski definition) is 8. The first-order chi connectivity index (χ1) is 27.3. The van der Waals surface area contributed by atoms with E-state index in [1.54, 1.807) is 19.2 Å². The van der Waals surface area contributed by atoms with Gasteiger partial charge in [0.1, 0.15) is 59.4 Å². The molecule has 16 nitrogen and oxygen atoms in total. The quantitative estimate of drug-likeness (QED) is 0.0706. The summed E-state index contributed by atoms with van der Waals surface area (Å²) in [4.78, 5) is 44.3. The molecule has 1 fully saturated rings. The van der Waals surface area contributed by atoms with E-state index in [0.29, 0.717) is 84.6 Å². The van der Waals surface area contributed by atoms with Gasteiger partial charge in [-0.1, -0.05) is 12.1 Å². The van der Waals surface area contributed by atoms with Gasteiger partial charge in [-0.25, -0.2) is 9.78 Å². The molecule has 2 aromatic carbocycles. The lowest BCUT2D eigenvalue weighted by molar-refractivity contribution is -0.373. The van der Waals surface area contributed by atoms with Crippen molar-refractivity contribution in [3.63, 3.8) is 0 Å². The number of fused-ring (bicyclic) bond motifs is 3. The van der Waals surface area contributed by atoms with Crippen molar-refractivity contribution in [3.05, 3.63) is 87.1 Å². The Kier molecular flexibility index (Phi) is 11.9. The maximum absolute atomic E-state index is 13.5. The van der Waals surface area contributed by atoms with Crippen LogP contribution < -0.4 is 25.7 Å². The minimum Gasteiger partial charge on any atom is -0.508 e. The number of aliphatic hydroxyl groups excluding tert-OH is 4. The van der Waals surface area contributed by atoms with Crippen LogP contribution in [0.3, 0.4) is 0 Å². The van der Waals surface area contributed by atoms with Crippen molar-refractivity contribution in [2.75, 3.05) is 44.8 Å². The number of nitrogens with zero attached hydrogens (tertiary/aromatic N) is 2. The highest BCUT2D eigenvalue weighted by Gasteiger charge is 2.50. The Morgan fingerprint density at radius 1 is 1.14 bits per heavy atom. The number of aromatic hydroxyl groups is 1. The number of ether oxygens (including phenoxy) is 1. The van der Waals surface area contributed by atoms with Crippen LogP contribution in [0.25, 0.3) is 11.0 Å². The highest BCUT2D eigenvalue weighted by Crippen LogP contribution is 2.50. The zero-order valence-electron chi connectivity index (χ0n) is 31.9. The van der Waals surface area contributed by atoms with Gasteiger partial charge in [0.2, 0.25) is 5.91 Å². The molecule has 0 aliphatic carbocycles. The van der Waals surface area contributed by atoms with Gasteiger partial charge >= 0.3 is 0 Å². The van der Waals surface area contributed by atoms with Gasteiger partial charge in [0.25, 0.3) is 0 Å². The van der Waals surface area contributed by atoms with Crippen LogP contribution in [0.1, 0.15) is 42.6 Å². The Morgan fingerprint density at radius 3 is 2.63 bits per heavy atom. The van der Waals surface area contributed by atoms with E-state index < -0.39 is 48.8 Å². The summed E-state index contributed by atoms with van der Waals surface area (Å²) in [7, 11) is 1.81. The SMILES string of the molecule is CNCCC1(CCC2CNC(=O)C2)Oc2c(cc3c(=O)cc(C)oc3c2N2C=C3N=CC=C3C2)CC1OOCC(O)(Cc1ccc(O)cc1)C(O)C(O)C(O)CO. The summed E-state index contributed by atoms with van der Waals surface area (Å²) in [6.45, 7) is 1.59. The van der Waals surface area contributed by atoms with Crippen LogP contribution >= 0.6 is 0 Å². The average Bonchev–Trinajstić information content (AvgIpc) is 3.93. The number of hydrogen-bond acceptors (Lipinski definition) is 15. The van der Waals surface area contributed by atoms with Crippen LogP contribution in [0.4, 0.5) is 5.69 Å². The number of carbonyl (C=O) groups is 1. The van der Waals surface area contributed by atoms with Crippen LogP contribution in [0, 0.1) is 12.8 Å². The van der Waals surface area contributed by atoms with Crippen LogP contribution in [0.15, 0.2) is 74.1 Å². The van der Waals surface area contributed by atoms with Crippen molar-refractivity contribution in [2.24, 2.45) is 10.9 Å². The number of aliphatic imine (C=N–C) groups is 1. The first-order valence-corrected chi connectivity index (χ1v) is 19.2. The van der Waals surface area contributed by atoms with Crippen LogP contribution in [-0.2, 0) is 27.4 Å². The van der Waals surface area contributed by atoms with Gasteiger partial charge in [0, 0.05) is 61.8 Å². The first kappa shape index (κ1) is 40.5. The molecule has 1 saturated heterocycles. The van der Waals surface area contributed by atoms with E-state index in [-0.39, 0.29) is 35.8 Å². The largest absolute Gasteiger partial charge is 0.508 e. The number of phenolic OH excluding ortho intramolecular Hbond substituents is 1. The molecule has 0 spiro atoms. The van der Waals surface area contributed by atoms with E-state index in [9.17, 15) is 40.2 Å². The Balaban J connectivity index is 1.27. The van der Waals surface area contributed by atoms with Crippen molar-refractivity contribution in [1.82, 2.24) is 10.6 Å². The van der Waals surface area contributed by atoms with Gasteiger partial charge in [-0.05, 0) is 69.1 Å². The lowest BCUT2D eigenvalue weighted by Gasteiger charge is -2.45. The predicted molar refractivity (Wildman–Crippen MR) is 208 cm³/mol. The zero-order chi connectivity index (χ0) is 40.5. The Morgan fingerprint density at radius 2 is 1.93 bits per heavy atom. The molecule has 57 heavy (non-hydrogen) atoms. The Labute approximate surface area is 328 Å². The minimum atomic E-state index is -2.28. The number of benzene rings is 2. The molecule has 306 valence electrons. The van der Waals surface area contributed by atoms with Crippen molar-refractivity contribution >= 4 is 28.8 Å². The van der Waals surface area contributed by atoms with Crippen LogP contribution in [0.2, 0.25) is 0 Å². The fraction of sp³-hybridized carbons (Fsp3) is 0.488. The molecule has 1 amide bonds. The molecular weight excluding hydrogens is 740 g/mol. The zero-order valence-corrected chi connectivity index (χ0v) is 31.9. The average molecular weight is 791 g/mol. The summed E-state index contributed by atoms with van der Waals surface area (Å²) in [5, 5.41) is 69.8. The van der Waals surface area contributed by atoms with Crippen molar-refractivity contribution in [1.29, 1.82) is 0 Å². The molecule has 3 aromatic rings. The molecule has 4 aliphatic heterocycles. The predicted octanol–water partition coefficient (Wildman–Crippen LogP) is 1.04. The summed E-state index contributed by atoms with van der Waals surface area (Å²) in [5.74, 6) is 0.908. The second kappa shape index (κ2) is 16.7. The van der Waals surface area contributed by atoms with Gasteiger partial charge in [-0.15, -0.1) is 0 Å². The summed E-state index contributed by atoms with van der Waals surface area (Å²) in [6.07, 6.45) is 0.561. The fourth-order valence-corrected chi connectivity index (χ4v) is 8.14. The number of allylic oxidation sites excluding steroid dienone is 1. The van der Waals surface area contributed by atoms with Crippen LogP contribution in [-0.4, -0.2) is 118 Å². The molecule has 4 aliphatic rings. The molecule has 16 heteroatoms. The highest BCUT2D eigenvalue weighted by atomic mass is 17.2. The topological polar surface area (TPSA) is 236 Å². The van der Waals surface area contributed by atoms with E-state index in [1.165, 1.54) is 30.3 Å². The number of nitrogens with one attached hydrogen (secondary N) is 2. The van der Waals surface area contributed by atoms with E-state index in [2.05, 4.69) is 15.6 Å². The van der Waals surface area contributed by atoms with Crippen LogP contribution in [0.5, 0.6) is 11.5 Å². The molecule has 0 bridgehead atoms. The van der Waals surface area contributed by atoms with Gasteiger partial charge in [0.05, 0.1) is 24.2 Å². The van der Waals surface area contributed by atoms with Gasteiger partial charge in [0.15, 0.2) is 16.8 Å². The fourth-order valence-electron chi connectivity index (χ4n) is 8.14. The van der Waals surface area contributed by atoms with E-state index >= 15 is 0 Å². The third kappa shape index (κ3) is 8.35. The molecule has 5 heterocycles. The Hall–Kier alpha value is -4.65. The molecule has 7 rings (SSSR count). The molecule has 7 unspecified atom stereocenters. The summed E-state index contributed by atoms with van der Waals surface area (Å²) in [6, 6.07) is 9.00. The first-order valence-electron chi connectivity index (χ1n) is 19.2. The Bertz CT molecular complexity index is 2120. The second-order valence-electron chi connectivity index (χ2n) is 15.5. The standard InChI is InChI=1S/C41H50N4O12/c1-23-13-31(48)29-15-27-16-33(57-54-22-40(53,39(52)36(51)32(49)21-46)17-24-3-5-28(47)6-4-24)41(10-12-42-2,9-7-25-14-34(50)44-18-25)56-37(27)35(38(29)55-23)45-19-26-8-11-43-30(26)20-45/h3-6,8,11,13,15,20,25,32-33,36,39,42,46-47,49,51-53H,7,9-10,12,14,16-19,21-22H2,1-2H3,(H,44,50). The monoisotopic (exact) mass is 790 g/mol. The lowest BCUT2D eigenvalue weighted by atomic mass is 9.79. The third-order valence-electron chi connectivity index (χ3n) is 11.4. The number of aryl methyl sites for hydroxylation is 1. The maximum Gasteiger partial charge on any atom is 0.220 e. The maximum atomic E-state index is 13.5. The number of anilines is 1. The summed E-state index contributed by atoms with van der Waals surface area (Å²) in [5.41, 5.74) is 0.177. The molecule has 0 radical (unpaired) electrons. The summed E-state index contributed by atoms with van der Waals surface area (Å²) >= 11 is 0. The van der Waals surface area contributed by atoms with Crippen molar-refractivity contribution < 1.29 is 54.4 Å². The highest BCUT2D eigenvalue weighted by molar-refractivity contribution is 5.96. The van der Waals surface area contributed by atoms with E-state index in [1.807, 2.05) is 24.2 Å². The molecular formula is C41H50N4O12. The van der Waals surface area contributed by atoms with E-state index in [4.69, 9.17) is 18.9 Å². The third-order valence-corrected chi connectivity index (χ3v) is 11.4. The van der Waals surface area contributed by atoms with Gasteiger partial charge in [-0.2, -0.15) is 0 Å². The lowest BCUT2D eigenvalue weighted by Crippen LogP contribution is -2.58. The normalized spacial score (nSPS) is 24.0. The van der Waals surface area contributed by atoms with Gasteiger partial charge < -0.3 is 55.3 Å². The number of phenols is 1. The van der Waals surface area contributed by atoms with Crippen molar-refractivity contribution in [2.45, 2.75) is 81.1 Å². The number of aliphatic hydroxyl groups is 5. The van der Waals surface area contributed by atoms with Crippen molar-refractivity contribution in [3.8, 4) is 11.5 Å². The number of amides is 1. The smallest absolute Gasteiger partial charge is 0.220 e. The minimum absolute atomic E-state index is 0.0231. The van der Waals surface area contributed by atoms with Gasteiger partial charge in [-0.3, -0.25) is 14.6 Å².